The molecule has 0 unspecified atom stereocenters. The SMILES string of the molecule is CC(C)CN(CCC#N)C(=O)c1ccccc1C(F)(F)F. The fourth-order valence-electron chi connectivity index (χ4n) is 1.99. The van der Waals surface area contributed by atoms with E-state index < -0.39 is 17.6 Å². The van der Waals surface area contributed by atoms with E-state index in [9.17, 15) is 18.0 Å². The van der Waals surface area contributed by atoms with E-state index >= 15 is 0 Å². The highest BCUT2D eigenvalue weighted by atomic mass is 19.4. The van der Waals surface area contributed by atoms with Gasteiger partial charge in [0, 0.05) is 13.1 Å². The molecule has 6 heteroatoms. The van der Waals surface area contributed by atoms with Gasteiger partial charge in [-0.25, -0.2) is 0 Å². The van der Waals surface area contributed by atoms with Gasteiger partial charge in [-0.1, -0.05) is 26.0 Å². The van der Waals surface area contributed by atoms with Crippen molar-refractivity contribution < 1.29 is 18.0 Å². The molecule has 114 valence electrons. The second-order valence-corrected chi connectivity index (χ2v) is 5.10. The Balaban J connectivity index is 3.12. The van der Waals surface area contributed by atoms with Crippen molar-refractivity contribution in [3.63, 3.8) is 0 Å². The first-order valence-corrected chi connectivity index (χ1v) is 6.59. The van der Waals surface area contributed by atoms with Gasteiger partial charge in [0.15, 0.2) is 0 Å². The molecule has 0 bridgehead atoms. The Kier molecular flexibility index (Phi) is 5.77. The Bertz CT molecular complexity index is 532. The van der Waals surface area contributed by atoms with E-state index in [4.69, 9.17) is 5.26 Å². The molecule has 0 saturated carbocycles. The smallest absolute Gasteiger partial charge is 0.337 e. The molecule has 21 heavy (non-hydrogen) atoms. The summed E-state index contributed by atoms with van der Waals surface area (Å²) >= 11 is 0. The van der Waals surface area contributed by atoms with E-state index in [1.165, 1.54) is 23.1 Å². The van der Waals surface area contributed by atoms with Crippen molar-refractivity contribution in [2.75, 3.05) is 13.1 Å². The second kappa shape index (κ2) is 7.11. The van der Waals surface area contributed by atoms with Crippen LogP contribution in [0, 0.1) is 17.2 Å². The third-order valence-electron chi connectivity index (χ3n) is 2.83. The summed E-state index contributed by atoms with van der Waals surface area (Å²) < 4.78 is 38.9. The number of rotatable bonds is 5. The standard InChI is InChI=1S/C15H17F3N2O/c1-11(2)10-20(9-5-8-19)14(21)12-6-3-4-7-13(12)15(16,17)18/h3-4,6-7,11H,5,9-10H2,1-2H3. The maximum Gasteiger partial charge on any atom is 0.417 e. The number of hydrogen-bond acceptors (Lipinski definition) is 2. The number of alkyl halides is 3. The lowest BCUT2D eigenvalue weighted by Gasteiger charge is -2.25. The molecule has 0 heterocycles. The van der Waals surface area contributed by atoms with Gasteiger partial charge < -0.3 is 4.90 Å². The molecule has 0 aromatic heterocycles. The van der Waals surface area contributed by atoms with Crippen LogP contribution in [0.4, 0.5) is 13.2 Å². The van der Waals surface area contributed by atoms with E-state index in [0.717, 1.165) is 6.07 Å². The van der Waals surface area contributed by atoms with Crippen molar-refractivity contribution in [1.29, 1.82) is 5.26 Å². The van der Waals surface area contributed by atoms with Gasteiger partial charge in [0.2, 0.25) is 0 Å². The summed E-state index contributed by atoms with van der Waals surface area (Å²) in [4.78, 5) is 13.7. The number of nitrogens with zero attached hydrogens (tertiary/aromatic N) is 2. The van der Waals surface area contributed by atoms with Crippen LogP contribution in [0.5, 0.6) is 0 Å². The van der Waals surface area contributed by atoms with E-state index in [-0.39, 0.29) is 24.4 Å². The molecule has 1 rings (SSSR count). The first kappa shape index (κ1) is 17.0. The molecule has 1 aromatic carbocycles. The first-order chi connectivity index (χ1) is 9.77. The molecule has 0 N–H and O–H groups in total. The monoisotopic (exact) mass is 298 g/mol. The minimum absolute atomic E-state index is 0.0899. The maximum atomic E-state index is 13.0. The van der Waals surface area contributed by atoms with Gasteiger partial charge in [-0.15, -0.1) is 0 Å². The Morgan fingerprint density at radius 1 is 1.33 bits per heavy atom. The number of nitriles is 1. The van der Waals surface area contributed by atoms with Gasteiger partial charge in [-0.3, -0.25) is 4.79 Å². The number of halogens is 3. The fourth-order valence-corrected chi connectivity index (χ4v) is 1.99. The lowest BCUT2D eigenvalue weighted by atomic mass is 10.0. The molecule has 3 nitrogen and oxygen atoms in total. The summed E-state index contributed by atoms with van der Waals surface area (Å²) in [6, 6.07) is 6.63. The summed E-state index contributed by atoms with van der Waals surface area (Å²) in [5.41, 5.74) is -1.32. The Labute approximate surface area is 122 Å². The highest BCUT2D eigenvalue weighted by molar-refractivity contribution is 5.96. The largest absolute Gasteiger partial charge is 0.417 e. The molecule has 0 aliphatic rings. The molecule has 0 spiro atoms. The molecular weight excluding hydrogens is 281 g/mol. The normalized spacial score (nSPS) is 11.3. The predicted molar refractivity (Wildman–Crippen MR) is 72.4 cm³/mol. The molecule has 0 fully saturated rings. The third kappa shape index (κ3) is 4.78. The molecule has 0 saturated heterocycles. The molecule has 1 aromatic rings. The zero-order valence-corrected chi connectivity index (χ0v) is 11.9. The van der Waals surface area contributed by atoms with Gasteiger partial charge in [0.25, 0.3) is 5.91 Å². The van der Waals surface area contributed by atoms with Crippen molar-refractivity contribution in [1.82, 2.24) is 4.90 Å². The lowest BCUT2D eigenvalue weighted by Crippen LogP contribution is -2.36. The molecule has 1 amide bonds. The lowest BCUT2D eigenvalue weighted by molar-refractivity contribution is -0.138. The van der Waals surface area contributed by atoms with Gasteiger partial charge >= 0.3 is 6.18 Å². The van der Waals surface area contributed by atoms with Gasteiger partial charge in [0.1, 0.15) is 0 Å². The molecule has 0 aliphatic carbocycles. The van der Waals surface area contributed by atoms with Crippen LogP contribution < -0.4 is 0 Å². The van der Waals surface area contributed by atoms with Crippen LogP contribution in [0.15, 0.2) is 24.3 Å². The van der Waals surface area contributed by atoms with Crippen LogP contribution in [0.2, 0.25) is 0 Å². The van der Waals surface area contributed by atoms with Crippen LogP contribution in [0.1, 0.15) is 36.2 Å². The summed E-state index contributed by atoms with van der Waals surface area (Å²) in [6.07, 6.45) is -4.49. The molecule has 0 aliphatic heterocycles. The van der Waals surface area contributed by atoms with Crippen molar-refractivity contribution in [3.05, 3.63) is 35.4 Å². The first-order valence-electron chi connectivity index (χ1n) is 6.59. The minimum atomic E-state index is -4.58. The summed E-state index contributed by atoms with van der Waals surface area (Å²) in [5.74, 6) is -0.586. The molecular formula is C15H17F3N2O. The predicted octanol–water partition coefficient (Wildman–Crippen LogP) is 3.72. The summed E-state index contributed by atoms with van der Waals surface area (Å²) in [6.45, 7) is 4.16. The maximum absolute atomic E-state index is 13.0. The Morgan fingerprint density at radius 3 is 2.48 bits per heavy atom. The van der Waals surface area contributed by atoms with Crippen LogP contribution >= 0.6 is 0 Å². The Hall–Kier alpha value is -2.03. The average Bonchev–Trinajstić information content (AvgIpc) is 2.41. The van der Waals surface area contributed by atoms with E-state index in [2.05, 4.69) is 0 Å². The molecule has 0 atom stereocenters. The second-order valence-electron chi connectivity index (χ2n) is 5.10. The van der Waals surface area contributed by atoms with Crippen molar-refractivity contribution in [2.24, 2.45) is 5.92 Å². The van der Waals surface area contributed by atoms with Gasteiger partial charge in [-0.05, 0) is 18.1 Å². The fraction of sp³-hybridized carbons (Fsp3) is 0.467. The highest BCUT2D eigenvalue weighted by Gasteiger charge is 2.35. The highest BCUT2D eigenvalue weighted by Crippen LogP contribution is 2.32. The number of carbonyl (C=O) groups is 1. The van der Waals surface area contributed by atoms with Crippen molar-refractivity contribution >= 4 is 5.91 Å². The van der Waals surface area contributed by atoms with E-state index in [0.29, 0.717) is 6.54 Å². The van der Waals surface area contributed by atoms with E-state index in [1.807, 2.05) is 19.9 Å². The topological polar surface area (TPSA) is 44.1 Å². The number of carbonyl (C=O) groups excluding carboxylic acids is 1. The summed E-state index contributed by atoms with van der Waals surface area (Å²) in [7, 11) is 0. The molecule has 0 radical (unpaired) electrons. The van der Waals surface area contributed by atoms with Crippen LogP contribution in [-0.2, 0) is 6.18 Å². The van der Waals surface area contributed by atoms with Crippen molar-refractivity contribution in [3.8, 4) is 6.07 Å². The number of hydrogen-bond donors (Lipinski definition) is 0. The van der Waals surface area contributed by atoms with Crippen LogP contribution in [0.3, 0.4) is 0 Å². The zero-order valence-electron chi connectivity index (χ0n) is 11.9. The van der Waals surface area contributed by atoms with Crippen LogP contribution in [-0.4, -0.2) is 23.9 Å². The quantitative estimate of drug-likeness (QED) is 0.831. The average molecular weight is 298 g/mol. The minimum Gasteiger partial charge on any atom is -0.337 e. The zero-order chi connectivity index (χ0) is 16.0. The van der Waals surface area contributed by atoms with Gasteiger partial charge in [0.05, 0.1) is 23.6 Å². The van der Waals surface area contributed by atoms with Crippen molar-refractivity contribution in [2.45, 2.75) is 26.4 Å². The van der Waals surface area contributed by atoms with Crippen LogP contribution in [0.25, 0.3) is 0 Å². The number of amides is 1. The Morgan fingerprint density at radius 2 is 1.95 bits per heavy atom. The number of benzene rings is 1. The van der Waals surface area contributed by atoms with E-state index in [1.54, 1.807) is 0 Å². The summed E-state index contributed by atoms with van der Waals surface area (Å²) in [5, 5.41) is 8.62. The third-order valence-corrected chi connectivity index (χ3v) is 2.83. The van der Waals surface area contributed by atoms with Gasteiger partial charge in [-0.2, -0.15) is 18.4 Å².